The van der Waals surface area contributed by atoms with Crippen LogP contribution in [0.4, 0.5) is 0 Å². The summed E-state index contributed by atoms with van der Waals surface area (Å²) in [5.41, 5.74) is 1.01. The van der Waals surface area contributed by atoms with E-state index in [1.54, 1.807) is 24.3 Å². The second-order valence-electron chi connectivity index (χ2n) is 3.62. The smallest absolute Gasteiger partial charge is 0.247 e. The molecular weight excluding hydrogens is 300 g/mol. The molecule has 0 spiro atoms. The molecule has 0 saturated carbocycles. The summed E-state index contributed by atoms with van der Waals surface area (Å²) in [5, 5.41) is 16.9. The van der Waals surface area contributed by atoms with Crippen LogP contribution in [0, 0.1) is 11.3 Å². The van der Waals surface area contributed by atoms with Gasteiger partial charge < -0.3 is 9.15 Å². The molecule has 8 heteroatoms. The Morgan fingerprint density at radius 2 is 2.10 bits per heavy atom. The standard InChI is InChI=1S/C12H5ClN4O2S/c13-10-9(5-14)12(20-17-10)19-8-3-1-7(2-4-8)11-16-15-6-18-11/h1-4,6H. The molecule has 6 nitrogen and oxygen atoms in total. The van der Waals surface area contributed by atoms with Crippen molar-refractivity contribution in [1.82, 2.24) is 14.6 Å². The molecule has 3 aromatic rings. The Bertz CT molecular complexity index is 762. The topological polar surface area (TPSA) is 84.8 Å². The Hall–Kier alpha value is -2.43. The molecule has 0 aliphatic rings. The molecule has 0 fully saturated rings. The normalized spacial score (nSPS) is 10.2. The minimum absolute atomic E-state index is 0.148. The Kier molecular flexibility index (Phi) is 3.33. The van der Waals surface area contributed by atoms with Crippen LogP contribution in [0.2, 0.25) is 5.15 Å². The van der Waals surface area contributed by atoms with Gasteiger partial charge in [-0.2, -0.15) is 9.64 Å². The molecule has 98 valence electrons. The van der Waals surface area contributed by atoms with Crippen LogP contribution in [0.25, 0.3) is 11.5 Å². The molecular formula is C12H5ClN4O2S. The largest absolute Gasteiger partial charge is 0.444 e. The molecule has 1 aromatic carbocycles. The summed E-state index contributed by atoms with van der Waals surface area (Å²) in [5.74, 6) is 0.986. The van der Waals surface area contributed by atoms with Crippen LogP contribution < -0.4 is 4.74 Å². The third-order valence-corrected chi connectivity index (χ3v) is 3.50. The lowest BCUT2D eigenvalue weighted by molar-refractivity contribution is 0.495. The molecule has 0 N–H and O–H groups in total. The van der Waals surface area contributed by atoms with Gasteiger partial charge in [0.1, 0.15) is 17.4 Å². The number of ether oxygens (including phenoxy) is 1. The molecule has 0 bridgehead atoms. The van der Waals surface area contributed by atoms with E-state index in [2.05, 4.69) is 14.6 Å². The maximum atomic E-state index is 8.96. The SMILES string of the molecule is N#Cc1c(Cl)nsc1Oc1ccc(-c2nnco2)cc1. The van der Waals surface area contributed by atoms with E-state index in [0.29, 0.717) is 16.7 Å². The summed E-state index contributed by atoms with van der Waals surface area (Å²) in [7, 11) is 0. The van der Waals surface area contributed by atoms with Gasteiger partial charge in [0, 0.05) is 17.1 Å². The van der Waals surface area contributed by atoms with E-state index in [1.807, 2.05) is 6.07 Å². The number of rotatable bonds is 3. The van der Waals surface area contributed by atoms with Gasteiger partial charge in [-0.3, -0.25) is 0 Å². The average Bonchev–Trinajstić information content (AvgIpc) is 3.10. The van der Waals surface area contributed by atoms with Gasteiger partial charge in [0.05, 0.1) is 0 Å². The molecule has 0 amide bonds. The Labute approximate surface area is 122 Å². The van der Waals surface area contributed by atoms with Crippen molar-refractivity contribution in [1.29, 1.82) is 5.26 Å². The number of benzene rings is 1. The van der Waals surface area contributed by atoms with Crippen molar-refractivity contribution in [3.05, 3.63) is 41.4 Å². The van der Waals surface area contributed by atoms with Gasteiger partial charge in [0.2, 0.25) is 17.3 Å². The fourth-order valence-corrected chi connectivity index (χ4v) is 2.40. The van der Waals surface area contributed by atoms with Gasteiger partial charge in [-0.15, -0.1) is 10.2 Å². The molecule has 0 radical (unpaired) electrons. The van der Waals surface area contributed by atoms with Crippen LogP contribution in [0.1, 0.15) is 5.56 Å². The molecule has 20 heavy (non-hydrogen) atoms. The van der Waals surface area contributed by atoms with E-state index in [0.717, 1.165) is 17.1 Å². The molecule has 0 aliphatic carbocycles. The molecule has 2 heterocycles. The fraction of sp³-hybridized carbons (Fsp3) is 0. The predicted octanol–water partition coefficient (Wildman–Crippen LogP) is 3.51. The van der Waals surface area contributed by atoms with E-state index in [-0.39, 0.29) is 10.7 Å². The maximum absolute atomic E-state index is 8.96. The highest BCUT2D eigenvalue weighted by molar-refractivity contribution is 7.08. The lowest BCUT2D eigenvalue weighted by atomic mass is 10.2. The van der Waals surface area contributed by atoms with Gasteiger partial charge in [-0.1, -0.05) is 11.6 Å². The predicted molar refractivity (Wildman–Crippen MR) is 71.6 cm³/mol. The number of aromatic nitrogens is 3. The lowest BCUT2D eigenvalue weighted by Crippen LogP contribution is -1.84. The van der Waals surface area contributed by atoms with Crippen LogP contribution in [0.3, 0.4) is 0 Å². The third-order valence-electron chi connectivity index (χ3n) is 2.40. The second kappa shape index (κ2) is 5.28. The van der Waals surface area contributed by atoms with Crippen LogP contribution >= 0.6 is 23.1 Å². The summed E-state index contributed by atoms with van der Waals surface area (Å²) in [4.78, 5) is 0. The second-order valence-corrected chi connectivity index (χ2v) is 4.71. The first-order valence-corrected chi connectivity index (χ1v) is 6.53. The van der Waals surface area contributed by atoms with Crippen molar-refractivity contribution in [2.45, 2.75) is 0 Å². The van der Waals surface area contributed by atoms with E-state index in [4.69, 9.17) is 26.0 Å². The summed E-state index contributed by atoms with van der Waals surface area (Å²) in [6.45, 7) is 0. The number of nitrogens with zero attached hydrogens (tertiary/aromatic N) is 4. The summed E-state index contributed by atoms with van der Waals surface area (Å²) in [6, 6.07) is 8.97. The molecule has 0 saturated heterocycles. The Morgan fingerprint density at radius 3 is 2.75 bits per heavy atom. The zero-order valence-electron chi connectivity index (χ0n) is 9.78. The van der Waals surface area contributed by atoms with Crippen molar-refractivity contribution in [2.24, 2.45) is 0 Å². The van der Waals surface area contributed by atoms with Crippen LogP contribution in [0.15, 0.2) is 35.1 Å². The van der Waals surface area contributed by atoms with Crippen molar-refractivity contribution < 1.29 is 9.15 Å². The van der Waals surface area contributed by atoms with Crippen LogP contribution in [-0.2, 0) is 0 Å². The highest BCUT2D eigenvalue weighted by atomic mass is 35.5. The molecule has 2 aromatic heterocycles. The monoisotopic (exact) mass is 304 g/mol. The highest BCUT2D eigenvalue weighted by Gasteiger charge is 2.14. The third kappa shape index (κ3) is 2.34. The van der Waals surface area contributed by atoms with Crippen molar-refractivity contribution in [3.63, 3.8) is 0 Å². The van der Waals surface area contributed by atoms with Crippen LogP contribution in [0.5, 0.6) is 10.8 Å². The van der Waals surface area contributed by atoms with Gasteiger partial charge >= 0.3 is 0 Å². The zero-order valence-corrected chi connectivity index (χ0v) is 11.4. The van der Waals surface area contributed by atoms with Crippen molar-refractivity contribution in [3.8, 4) is 28.3 Å². The summed E-state index contributed by atoms with van der Waals surface area (Å²) < 4.78 is 14.5. The zero-order chi connectivity index (χ0) is 13.9. The van der Waals surface area contributed by atoms with Crippen molar-refractivity contribution in [2.75, 3.05) is 0 Å². The number of hydrogen-bond donors (Lipinski definition) is 0. The molecule has 0 unspecified atom stereocenters. The number of halogens is 1. The van der Waals surface area contributed by atoms with Crippen LogP contribution in [-0.4, -0.2) is 14.6 Å². The Morgan fingerprint density at radius 1 is 1.30 bits per heavy atom. The number of nitriles is 1. The number of hydrogen-bond acceptors (Lipinski definition) is 7. The first-order chi connectivity index (χ1) is 9.78. The fourth-order valence-electron chi connectivity index (χ4n) is 1.49. The lowest BCUT2D eigenvalue weighted by Gasteiger charge is -2.03. The highest BCUT2D eigenvalue weighted by Crippen LogP contribution is 2.34. The van der Waals surface area contributed by atoms with E-state index in [1.165, 1.54) is 6.39 Å². The van der Waals surface area contributed by atoms with E-state index in [9.17, 15) is 0 Å². The van der Waals surface area contributed by atoms with Gasteiger partial charge in [-0.25, -0.2) is 0 Å². The molecule has 3 rings (SSSR count). The molecule has 0 atom stereocenters. The maximum Gasteiger partial charge on any atom is 0.247 e. The summed E-state index contributed by atoms with van der Waals surface area (Å²) in [6.07, 6.45) is 1.26. The van der Waals surface area contributed by atoms with E-state index >= 15 is 0 Å². The first kappa shape index (κ1) is 12.6. The van der Waals surface area contributed by atoms with E-state index < -0.39 is 0 Å². The average molecular weight is 305 g/mol. The summed E-state index contributed by atoms with van der Waals surface area (Å²) >= 11 is 6.80. The van der Waals surface area contributed by atoms with Gasteiger partial charge in [-0.05, 0) is 24.3 Å². The van der Waals surface area contributed by atoms with Crippen molar-refractivity contribution >= 4 is 23.1 Å². The van der Waals surface area contributed by atoms with Gasteiger partial charge in [0.15, 0.2) is 5.15 Å². The first-order valence-electron chi connectivity index (χ1n) is 5.37. The van der Waals surface area contributed by atoms with Gasteiger partial charge in [0.25, 0.3) is 0 Å². The minimum atomic E-state index is 0.148. The quantitative estimate of drug-likeness (QED) is 0.736. The minimum Gasteiger partial charge on any atom is -0.444 e. The Balaban J connectivity index is 1.84. The molecule has 0 aliphatic heterocycles.